The van der Waals surface area contributed by atoms with Crippen LogP contribution in [0.15, 0.2) is 12.4 Å². The second-order valence-electron chi connectivity index (χ2n) is 3.48. The number of anilines is 2. The molecule has 0 atom stereocenters. The highest BCUT2D eigenvalue weighted by molar-refractivity contribution is 7.17. The zero-order chi connectivity index (χ0) is 12.4. The first-order valence-electron chi connectivity index (χ1n) is 5.08. The standard InChI is InChI=1S/C10H12N4O2S/c1-3-6-7(5-14(2)13-6)12-10-11-4-8(17-10)9(15)16/h4-5H,3H2,1-2H3,(H,11,12)(H,15,16). The topological polar surface area (TPSA) is 80.0 Å². The Morgan fingerprint density at radius 2 is 2.41 bits per heavy atom. The molecule has 2 aromatic rings. The van der Waals surface area contributed by atoms with E-state index in [9.17, 15) is 4.79 Å². The SMILES string of the molecule is CCc1nn(C)cc1Nc1ncc(C(=O)O)s1. The maximum absolute atomic E-state index is 10.7. The van der Waals surface area contributed by atoms with Crippen LogP contribution in [0.25, 0.3) is 0 Å². The lowest BCUT2D eigenvalue weighted by atomic mass is 10.3. The van der Waals surface area contributed by atoms with Crippen molar-refractivity contribution in [3.05, 3.63) is 23.0 Å². The van der Waals surface area contributed by atoms with Crippen LogP contribution in [0.3, 0.4) is 0 Å². The summed E-state index contributed by atoms with van der Waals surface area (Å²) in [5.74, 6) is -0.961. The van der Waals surface area contributed by atoms with E-state index >= 15 is 0 Å². The van der Waals surface area contributed by atoms with Crippen molar-refractivity contribution in [2.24, 2.45) is 7.05 Å². The predicted octanol–water partition coefficient (Wildman–Crippen LogP) is 1.88. The molecule has 0 unspecified atom stereocenters. The van der Waals surface area contributed by atoms with Gasteiger partial charge in [-0.2, -0.15) is 5.10 Å². The van der Waals surface area contributed by atoms with Crippen molar-refractivity contribution in [1.82, 2.24) is 14.8 Å². The van der Waals surface area contributed by atoms with E-state index in [0.717, 1.165) is 29.1 Å². The molecule has 0 radical (unpaired) electrons. The Balaban J connectivity index is 2.21. The van der Waals surface area contributed by atoms with Crippen LogP contribution in [0.4, 0.5) is 10.8 Å². The summed E-state index contributed by atoms with van der Waals surface area (Å²) < 4.78 is 1.72. The lowest BCUT2D eigenvalue weighted by Gasteiger charge is -1.99. The lowest BCUT2D eigenvalue weighted by molar-refractivity contribution is 0.0702. The summed E-state index contributed by atoms with van der Waals surface area (Å²) in [6.45, 7) is 2.01. The van der Waals surface area contributed by atoms with Gasteiger partial charge in [-0.1, -0.05) is 18.3 Å². The van der Waals surface area contributed by atoms with Gasteiger partial charge in [0.25, 0.3) is 0 Å². The fraction of sp³-hybridized carbons (Fsp3) is 0.300. The normalized spacial score (nSPS) is 10.5. The van der Waals surface area contributed by atoms with Gasteiger partial charge in [0, 0.05) is 13.2 Å². The van der Waals surface area contributed by atoms with Gasteiger partial charge in [-0.05, 0) is 6.42 Å². The zero-order valence-electron chi connectivity index (χ0n) is 9.47. The predicted molar refractivity (Wildman–Crippen MR) is 64.9 cm³/mol. The van der Waals surface area contributed by atoms with Gasteiger partial charge in [0.2, 0.25) is 0 Å². The molecule has 0 fully saturated rings. The Labute approximate surface area is 102 Å². The molecule has 0 amide bonds. The summed E-state index contributed by atoms with van der Waals surface area (Å²) in [5, 5.41) is 16.7. The summed E-state index contributed by atoms with van der Waals surface area (Å²) >= 11 is 1.11. The van der Waals surface area contributed by atoms with E-state index in [2.05, 4.69) is 15.4 Å². The molecule has 90 valence electrons. The molecule has 7 heteroatoms. The quantitative estimate of drug-likeness (QED) is 0.868. The Kier molecular flexibility index (Phi) is 3.10. The summed E-state index contributed by atoms with van der Waals surface area (Å²) in [4.78, 5) is 14.9. The van der Waals surface area contributed by atoms with E-state index in [4.69, 9.17) is 5.11 Å². The smallest absolute Gasteiger partial charge is 0.347 e. The fourth-order valence-electron chi connectivity index (χ4n) is 1.45. The number of carbonyl (C=O) groups is 1. The number of aromatic nitrogens is 3. The number of aryl methyl sites for hydroxylation is 2. The van der Waals surface area contributed by atoms with Gasteiger partial charge in [-0.25, -0.2) is 9.78 Å². The highest BCUT2D eigenvalue weighted by Gasteiger charge is 2.11. The highest BCUT2D eigenvalue weighted by atomic mass is 32.1. The minimum atomic E-state index is -0.961. The average molecular weight is 252 g/mol. The highest BCUT2D eigenvalue weighted by Crippen LogP contribution is 2.24. The van der Waals surface area contributed by atoms with Gasteiger partial charge in [0.15, 0.2) is 5.13 Å². The van der Waals surface area contributed by atoms with Gasteiger partial charge in [-0.15, -0.1) is 0 Å². The van der Waals surface area contributed by atoms with E-state index in [1.54, 1.807) is 4.68 Å². The van der Waals surface area contributed by atoms with Crippen LogP contribution in [-0.2, 0) is 13.5 Å². The molecule has 2 aromatic heterocycles. The molecule has 2 N–H and O–H groups in total. The van der Waals surface area contributed by atoms with Gasteiger partial charge in [0.1, 0.15) is 4.88 Å². The number of nitrogens with zero attached hydrogens (tertiary/aromatic N) is 3. The molecular formula is C10H12N4O2S. The molecule has 0 spiro atoms. The number of thiazole rings is 1. The van der Waals surface area contributed by atoms with Crippen molar-refractivity contribution in [2.45, 2.75) is 13.3 Å². The minimum Gasteiger partial charge on any atom is -0.477 e. The van der Waals surface area contributed by atoms with Gasteiger partial charge >= 0.3 is 5.97 Å². The molecule has 0 bridgehead atoms. The van der Waals surface area contributed by atoms with E-state index in [0.29, 0.717) is 5.13 Å². The molecule has 0 saturated carbocycles. The maximum Gasteiger partial charge on any atom is 0.347 e. The van der Waals surface area contributed by atoms with Crippen molar-refractivity contribution >= 4 is 28.1 Å². The monoisotopic (exact) mass is 252 g/mol. The number of nitrogens with one attached hydrogen (secondary N) is 1. The Morgan fingerprint density at radius 1 is 1.65 bits per heavy atom. The Hall–Kier alpha value is -1.89. The van der Waals surface area contributed by atoms with Gasteiger partial charge in [0.05, 0.1) is 17.6 Å². The molecular weight excluding hydrogens is 240 g/mol. The molecule has 0 aliphatic rings. The maximum atomic E-state index is 10.7. The third-order valence-electron chi connectivity index (χ3n) is 2.20. The minimum absolute atomic E-state index is 0.217. The van der Waals surface area contributed by atoms with Crippen LogP contribution in [-0.4, -0.2) is 25.8 Å². The number of aromatic carboxylic acids is 1. The van der Waals surface area contributed by atoms with Crippen LogP contribution in [0, 0.1) is 0 Å². The first-order valence-corrected chi connectivity index (χ1v) is 5.90. The van der Waals surface area contributed by atoms with Crippen LogP contribution in [0.1, 0.15) is 22.3 Å². The largest absolute Gasteiger partial charge is 0.477 e. The van der Waals surface area contributed by atoms with E-state index in [1.165, 1.54) is 6.20 Å². The van der Waals surface area contributed by atoms with Crippen molar-refractivity contribution in [3.63, 3.8) is 0 Å². The molecule has 2 rings (SSSR count). The van der Waals surface area contributed by atoms with Gasteiger partial charge in [-0.3, -0.25) is 4.68 Å². The summed E-state index contributed by atoms with van der Waals surface area (Å²) in [6, 6.07) is 0. The van der Waals surface area contributed by atoms with Crippen molar-refractivity contribution < 1.29 is 9.90 Å². The fourth-order valence-corrected chi connectivity index (χ4v) is 2.11. The van der Waals surface area contributed by atoms with Crippen molar-refractivity contribution in [1.29, 1.82) is 0 Å². The number of carboxylic acid groups (broad SMARTS) is 1. The number of carboxylic acids is 1. The molecule has 2 heterocycles. The number of hydrogen-bond acceptors (Lipinski definition) is 5. The van der Waals surface area contributed by atoms with E-state index in [-0.39, 0.29) is 4.88 Å². The molecule has 0 aromatic carbocycles. The van der Waals surface area contributed by atoms with Crippen LogP contribution < -0.4 is 5.32 Å². The van der Waals surface area contributed by atoms with Crippen molar-refractivity contribution in [2.75, 3.05) is 5.32 Å². The third-order valence-corrected chi connectivity index (χ3v) is 3.10. The molecule has 0 saturated heterocycles. The second-order valence-corrected chi connectivity index (χ2v) is 4.51. The molecule has 6 nitrogen and oxygen atoms in total. The number of hydrogen-bond donors (Lipinski definition) is 2. The molecule has 0 aliphatic carbocycles. The second kappa shape index (κ2) is 4.54. The molecule has 0 aliphatic heterocycles. The van der Waals surface area contributed by atoms with Crippen molar-refractivity contribution in [3.8, 4) is 0 Å². The van der Waals surface area contributed by atoms with Crippen LogP contribution in [0.2, 0.25) is 0 Å². The average Bonchev–Trinajstić information content (AvgIpc) is 2.86. The van der Waals surface area contributed by atoms with E-state index < -0.39 is 5.97 Å². The van der Waals surface area contributed by atoms with Gasteiger partial charge < -0.3 is 10.4 Å². The zero-order valence-corrected chi connectivity index (χ0v) is 10.3. The Morgan fingerprint density at radius 3 is 3.00 bits per heavy atom. The third kappa shape index (κ3) is 2.44. The van der Waals surface area contributed by atoms with E-state index in [1.807, 2.05) is 20.2 Å². The Bertz CT molecular complexity index is 546. The summed E-state index contributed by atoms with van der Waals surface area (Å²) in [7, 11) is 1.84. The first kappa shape index (κ1) is 11.6. The summed E-state index contributed by atoms with van der Waals surface area (Å²) in [6.07, 6.45) is 4.00. The number of rotatable bonds is 4. The van der Waals surface area contributed by atoms with Crippen LogP contribution >= 0.6 is 11.3 Å². The van der Waals surface area contributed by atoms with Crippen LogP contribution in [0.5, 0.6) is 0 Å². The molecule has 17 heavy (non-hydrogen) atoms. The summed E-state index contributed by atoms with van der Waals surface area (Å²) in [5.41, 5.74) is 1.79. The lowest BCUT2D eigenvalue weighted by Crippen LogP contribution is -1.92. The first-order chi connectivity index (χ1) is 8.10.